The lowest BCUT2D eigenvalue weighted by molar-refractivity contribution is 0.294. The molecule has 3 heteroatoms. The number of benzene rings is 1. The second-order valence-electron chi connectivity index (χ2n) is 3.70. The van der Waals surface area contributed by atoms with E-state index in [1.54, 1.807) is 0 Å². The van der Waals surface area contributed by atoms with E-state index in [2.05, 4.69) is 17.0 Å². The van der Waals surface area contributed by atoms with Crippen molar-refractivity contribution in [3.63, 3.8) is 0 Å². The molecule has 2 rings (SSSR count). The molecule has 0 N–H and O–H groups in total. The predicted molar refractivity (Wildman–Crippen MR) is 63.8 cm³/mol. The van der Waals surface area contributed by atoms with Crippen molar-refractivity contribution < 1.29 is 0 Å². The maximum absolute atomic E-state index is 8.80. The van der Waals surface area contributed by atoms with Crippen LogP contribution < -0.4 is 0 Å². The van der Waals surface area contributed by atoms with Gasteiger partial charge in [-0.2, -0.15) is 17.0 Å². The Morgan fingerprint density at radius 3 is 2.87 bits per heavy atom. The molecule has 1 fully saturated rings. The average molecular weight is 218 g/mol. The first-order valence-corrected chi connectivity index (χ1v) is 6.33. The van der Waals surface area contributed by atoms with Crippen molar-refractivity contribution in [3.8, 4) is 6.07 Å². The molecule has 15 heavy (non-hydrogen) atoms. The van der Waals surface area contributed by atoms with Gasteiger partial charge in [0.05, 0.1) is 11.6 Å². The van der Waals surface area contributed by atoms with E-state index in [-0.39, 0.29) is 0 Å². The molecule has 78 valence electrons. The van der Waals surface area contributed by atoms with E-state index in [4.69, 9.17) is 5.26 Å². The quantitative estimate of drug-likeness (QED) is 0.760. The molecular weight excluding hydrogens is 204 g/mol. The van der Waals surface area contributed by atoms with E-state index in [0.717, 1.165) is 12.1 Å². The van der Waals surface area contributed by atoms with E-state index < -0.39 is 0 Å². The normalized spacial score (nSPS) is 17.3. The van der Waals surface area contributed by atoms with Crippen molar-refractivity contribution in [2.24, 2.45) is 0 Å². The highest BCUT2D eigenvalue weighted by Gasteiger charge is 2.10. The molecule has 1 heterocycles. The molecule has 0 aromatic heterocycles. The van der Waals surface area contributed by atoms with Gasteiger partial charge in [0, 0.05) is 31.1 Å². The van der Waals surface area contributed by atoms with Crippen LogP contribution in [-0.2, 0) is 6.54 Å². The summed E-state index contributed by atoms with van der Waals surface area (Å²) in [5, 5.41) is 8.80. The summed E-state index contributed by atoms with van der Waals surface area (Å²) >= 11 is 2.02. The number of thioether (sulfide) groups is 1. The van der Waals surface area contributed by atoms with E-state index in [1.807, 2.05) is 30.0 Å². The molecule has 0 spiro atoms. The molecule has 1 aromatic carbocycles. The third-order valence-corrected chi connectivity index (χ3v) is 3.51. The van der Waals surface area contributed by atoms with Crippen LogP contribution >= 0.6 is 11.8 Å². The van der Waals surface area contributed by atoms with E-state index in [1.165, 1.54) is 30.2 Å². The fourth-order valence-corrected chi connectivity index (χ4v) is 2.74. The minimum absolute atomic E-state index is 0.763. The Morgan fingerprint density at radius 1 is 1.33 bits per heavy atom. The van der Waals surface area contributed by atoms with Crippen molar-refractivity contribution in [1.82, 2.24) is 4.90 Å². The zero-order chi connectivity index (χ0) is 10.5. The summed E-state index contributed by atoms with van der Waals surface area (Å²) in [6.45, 7) is 3.32. The van der Waals surface area contributed by atoms with Crippen LogP contribution in [0.4, 0.5) is 0 Å². The summed E-state index contributed by atoms with van der Waals surface area (Å²) < 4.78 is 0. The summed E-state index contributed by atoms with van der Waals surface area (Å²) in [5.41, 5.74) is 2.01. The second-order valence-corrected chi connectivity index (χ2v) is 4.93. The molecule has 0 unspecified atom stereocenters. The van der Waals surface area contributed by atoms with Crippen LogP contribution in [0.5, 0.6) is 0 Å². The van der Waals surface area contributed by atoms with Crippen molar-refractivity contribution in [1.29, 1.82) is 5.26 Å². The third-order valence-electron chi connectivity index (χ3n) is 2.57. The highest BCUT2D eigenvalue weighted by atomic mass is 32.2. The first kappa shape index (κ1) is 10.5. The molecule has 0 atom stereocenters. The minimum Gasteiger partial charge on any atom is -0.297 e. The molecule has 1 aliphatic heterocycles. The van der Waals surface area contributed by atoms with Gasteiger partial charge in [-0.05, 0) is 17.7 Å². The van der Waals surface area contributed by atoms with Gasteiger partial charge in [-0.25, -0.2) is 0 Å². The smallest absolute Gasteiger partial charge is 0.0991 e. The molecule has 1 aliphatic rings. The van der Waals surface area contributed by atoms with Crippen LogP contribution in [0.15, 0.2) is 24.3 Å². The van der Waals surface area contributed by atoms with E-state index in [0.29, 0.717) is 0 Å². The van der Waals surface area contributed by atoms with Crippen molar-refractivity contribution >= 4 is 11.8 Å². The fourth-order valence-electron chi connectivity index (χ4n) is 1.76. The Bertz CT molecular complexity index is 364. The van der Waals surface area contributed by atoms with Gasteiger partial charge in [-0.15, -0.1) is 0 Å². The van der Waals surface area contributed by atoms with Gasteiger partial charge in [0.25, 0.3) is 0 Å². The lowest BCUT2D eigenvalue weighted by Crippen LogP contribution is -2.31. The lowest BCUT2D eigenvalue weighted by Gasteiger charge is -2.26. The van der Waals surface area contributed by atoms with Gasteiger partial charge in [-0.1, -0.05) is 12.1 Å². The molecule has 0 aliphatic carbocycles. The standard InChI is InChI=1S/C12H14N2S/c13-9-11-2-1-3-12(8-11)10-14-4-6-15-7-5-14/h1-3,8H,4-7,10H2. The highest BCUT2D eigenvalue weighted by molar-refractivity contribution is 7.99. The minimum atomic E-state index is 0.763. The van der Waals surface area contributed by atoms with Crippen molar-refractivity contribution in [3.05, 3.63) is 35.4 Å². The van der Waals surface area contributed by atoms with Crippen LogP contribution in [-0.4, -0.2) is 29.5 Å². The monoisotopic (exact) mass is 218 g/mol. The van der Waals surface area contributed by atoms with Crippen LogP contribution in [0.2, 0.25) is 0 Å². The highest BCUT2D eigenvalue weighted by Crippen LogP contribution is 2.13. The van der Waals surface area contributed by atoms with Gasteiger partial charge < -0.3 is 0 Å². The first-order chi connectivity index (χ1) is 7.38. The number of nitriles is 1. The lowest BCUT2D eigenvalue weighted by atomic mass is 10.1. The molecule has 1 saturated heterocycles. The van der Waals surface area contributed by atoms with Crippen LogP contribution in [0, 0.1) is 11.3 Å². The Kier molecular flexibility index (Phi) is 3.65. The van der Waals surface area contributed by atoms with Gasteiger partial charge in [-0.3, -0.25) is 4.90 Å². The number of rotatable bonds is 2. The van der Waals surface area contributed by atoms with Gasteiger partial charge in [0.15, 0.2) is 0 Å². The zero-order valence-electron chi connectivity index (χ0n) is 8.65. The maximum Gasteiger partial charge on any atom is 0.0991 e. The van der Waals surface area contributed by atoms with Crippen LogP contribution in [0.1, 0.15) is 11.1 Å². The largest absolute Gasteiger partial charge is 0.297 e. The molecule has 0 saturated carbocycles. The zero-order valence-corrected chi connectivity index (χ0v) is 9.46. The number of hydrogen-bond acceptors (Lipinski definition) is 3. The van der Waals surface area contributed by atoms with Crippen molar-refractivity contribution in [2.45, 2.75) is 6.54 Å². The maximum atomic E-state index is 8.80. The Labute approximate surface area is 94.9 Å². The van der Waals surface area contributed by atoms with Crippen LogP contribution in [0.3, 0.4) is 0 Å². The molecular formula is C12H14N2S. The molecule has 1 aromatic rings. The number of hydrogen-bond donors (Lipinski definition) is 0. The van der Waals surface area contributed by atoms with E-state index >= 15 is 0 Å². The van der Waals surface area contributed by atoms with Gasteiger partial charge in [0.1, 0.15) is 0 Å². The molecule has 0 radical (unpaired) electrons. The van der Waals surface area contributed by atoms with Crippen molar-refractivity contribution in [2.75, 3.05) is 24.6 Å². The summed E-state index contributed by atoms with van der Waals surface area (Å²) in [7, 11) is 0. The number of nitrogens with zero attached hydrogens (tertiary/aromatic N) is 2. The summed E-state index contributed by atoms with van der Waals surface area (Å²) in [4.78, 5) is 2.45. The second kappa shape index (κ2) is 5.20. The predicted octanol–water partition coefficient (Wildman–Crippen LogP) is 2.11. The topological polar surface area (TPSA) is 27.0 Å². The fraction of sp³-hybridized carbons (Fsp3) is 0.417. The molecule has 0 amide bonds. The SMILES string of the molecule is N#Cc1cccc(CN2CCSCC2)c1. The Balaban J connectivity index is 2.00. The average Bonchev–Trinajstić information content (AvgIpc) is 2.31. The Morgan fingerprint density at radius 2 is 2.13 bits per heavy atom. The van der Waals surface area contributed by atoms with Crippen LogP contribution in [0.25, 0.3) is 0 Å². The summed E-state index contributed by atoms with van der Waals surface area (Å²) in [5.74, 6) is 2.47. The summed E-state index contributed by atoms with van der Waals surface area (Å²) in [6.07, 6.45) is 0. The Hall–Kier alpha value is -0.980. The van der Waals surface area contributed by atoms with Gasteiger partial charge >= 0.3 is 0 Å². The molecule has 0 bridgehead atoms. The van der Waals surface area contributed by atoms with E-state index in [9.17, 15) is 0 Å². The summed E-state index contributed by atoms with van der Waals surface area (Å²) in [6, 6.07) is 10.1. The first-order valence-electron chi connectivity index (χ1n) is 5.17. The molecule has 2 nitrogen and oxygen atoms in total. The third kappa shape index (κ3) is 2.98. The van der Waals surface area contributed by atoms with Gasteiger partial charge in [0.2, 0.25) is 0 Å².